The van der Waals surface area contributed by atoms with E-state index in [9.17, 15) is 18.0 Å². The van der Waals surface area contributed by atoms with E-state index in [1.807, 2.05) is 18.2 Å². The molecule has 162 valence electrons. The Bertz CT molecular complexity index is 1340. The van der Waals surface area contributed by atoms with E-state index in [0.29, 0.717) is 28.0 Å². The fourth-order valence-electron chi connectivity index (χ4n) is 4.28. The molecule has 0 radical (unpaired) electrons. The first kappa shape index (κ1) is 20.2. The number of aromatic nitrogens is 3. The second kappa shape index (κ2) is 7.47. The van der Waals surface area contributed by atoms with Gasteiger partial charge in [0.1, 0.15) is 0 Å². The molecule has 1 N–H and O–H groups in total. The molecule has 4 aromatic rings. The number of nitrogens with zero attached hydrogens (tertiary/aromatic N) is 3. The third-order valence-electron chi connectivity index (χ3n) is 5.95. The van der Waals surface area contributed by atoms with Gasteiger partial charge in [-0.05, 0) is 48.6 Å². The smallest absolute Gasteiger partial charge is 0.345 e. The number of carbonyl (C=O) groups excluding carboxylic acids is 1. The summed E-state index contributed by atoms with van der Waals surface area (Å²) >= 11 is 0. The average Bonchev–Trinajstić information content (AvgIpc) is 3.38. The summed E-state index contributed by atoms with van der Waals surface area (Å²) in [5.41, 5.74) is 3.79. The minimum atomic E-state index is -4.44. The van der Waals surface area contributed by atoms with Gasteiger partial charge < -0.3 is 5.32 Å². The van der Waals surface area contributed by atoms with Gasteiger partial charge in [-0.25, -0.2) is 9.50 Å². The van der Waals surface area contributed by atoms with E-state index in [1.54, 1.807) is 13.0 Å². The van der Waals surface area contributed by atoms with E-state index in [1.165, 1.54) is 28.5 Å². The fraction of sp³-hybridized carbons (Fsp3) is 0.208. The molecule has 0 fully saturated rings. The molecule has 1 unspecified atom stereocenters. The first-order valence-corrected chi connectivity index (χ1v) is 10.2. The largest absolute Gasteiger partial charge is 0.416 e. The lowest BCUT2D eigenvalue weighted by atomic mass is 10.1. The quantitative estimate of drug-likeness (QED) is 0.484. The van der Waals surface area contributed by atoms with Gasteiger partial charge in [-0.15, -0.1) is 0 Å². The van der Waals surface area contributed by atoms with Crippen LogP contribution in [0.2, 0.25) is 0 Å². The molecule has 2 heterocycles. The first-order valence-electron chi connectivity index (χ1n) is 10.2. The molecule has 2 aromatic heterocycles. The van der Waals surface area contributed by atoms with E-state index in [-0.39, 0.29) is 11.9 Å². The number of fused-ring (bicyclic) bond motifs is 2. The maximum absolute atomic E-state index is 13.1. The van der Waals surface area contributed by atoms with Crippen molar-refractivity contribution in [2.75, 3.05) is 0 Å². The van der Waals surface area contributed by atoms with Crippen LogP contribution in [0.4, 0.5) is 13.2 Å². The van der Waals surface area contributed by atoms with E-state index in [2.05, 4.69) is 21.5 Å². The minimum absolute atomic E-state index is 0.0629. The standard InChI is InChI=1S/C24H19F3N4O/c1-14-19(23(32)30-21-10-9-15-5-2-3-8-18(15)21)12-28-22-20(13-29-31(14)22)16-6-4-7-17(11-16)24(25,26)27/h2-8,11-13,21H,9-10H2,1H3,(H,30,32). The van der Waals surface area contributed by atoms with Gasteiger partial charge in [0.2, 0.25) is 0 Å². The molecule has 0 saturated heterocycles. The molecule has 32 heavy (non-hydrogen) atoms. The van der Waals surface area contributed by atoms with Gasteiger partial charge in [0.05, 0.1) is 29.1 Å². The second-order valence-corrected chi connectivity index (χ2v) is 7.89. The van der Waals surface area contributed by atoms with Gasteiger partial charge in [0, 0.05) is 11.8 Å². The number of rotatable bonds is 3. The van der Waals surface area contributed by atoms with Gasteiger partial charge in [0.15, 0.2) is 5.65 Å². The van der Waals surface area contributed by atoms with Crippen molar-refractivity contribution in [2.45, 2.75) is 32.0 Å². The van der Waals surface area contributed by atoms with Gasteiger partial charge in [0.25, 0.3) is 5.91 Å². The second-order valence-electron chi connectivity index (χ2n) is 7.89. The Morgan fingerprint density at radius 1 is 1.12 bits per heavy atom. The maximum Gasteiger partial charge on any atom is 0.416 e. The molecule has 8 heteroatoms. The number of alkyl halides is 3. The average molecular weight is 436 g/mol. The molecule has 0 spiro atoms. The highest BCUT2D eigenvalue weighted by molar-refractivity contribution is 5.96. The van der Waals surface area contributed by atoms with Gasteiger partial charge >= 0.3 is 6.18 Å². The molecule has 5 nitrogen and oxygen atoms in total. The SMILES string of the molecule is Cc1c(C(=O)NC2CCc3ccccc32)cnc2c(-c3cccc(C(F)(F)F)c3)cnn12. The van der Waals surface area contributed by atoms with Gasteiger partial charge in [-0.1, -0.05) is 36.4 Å². The van der Waals surface area contributed by atoms with Crippen molar-refractivity contribution in [1.29, 1.82) is 0 Å². The van der Waals surface area contributed by atoms with Crippen LogP contribution >= 0.6 is 0 Å². The molecule has 0 aliphatic heterocycles. The number of halogens is 3. The molecule has 1 aliphatic carbocycles. The summed E-state index contributed by atoms with van der Waals surface area (Å²) in [5.74, 6) is -0.255. The number of aryl methyl sites for hydroxylation is 2. The zero-order valence-electron chi connectivity index (χ0n) is 17.1. The normalized spacial score (nSPS) is 15.7. The van der Waals surface area contributed by atoms with Crippen molar-refractivity contribution >= 4 is 11.6 Å². The number of amides is 1. The highest BCUT2D eigenvalue weighted by Gasteiger charge is 2.31. The topological polar surface area (TPSA) is 59.3 Å². The minimum Gasteiger partial charge on any atom is -0.345 e. The van der Waals surface area contributed by atoms with Crippen molar-refractivity contribution < 1.29 is 18.0 Å². The van der Waals surface area contributed by atoms with Crippen molar-refractivity contribution in [1.82, 2.24) is 19.9 Å². The highest BCUT2D eigenvalue weighted by atomic mass is 19.4. The Kier molecular flexibility index (Phi) is 4.73. The Hall–Kier alpha value is -3.68. The van der Waals surface area contributed by atoms with Crippen LogP contribution in [0, 0.1) is 6.92 Å². The molecule has 0 saturated carbocycles. The lowest BCUT2D eigenvalue weighted by Gasteiger charge is -2.15. The molecule has 2 aromatic carbocycles. The van der Waals surface area contributed by atoms with Crippen LogP contribution in [-0.2, 0) is 12.6 Å². The maximum atomic E-state index is 13.1. The van der Waals surface area contributed by atoms with Gasteiger partial charge in [-0.2, -0.15) is 18.3 Å². The molecule has 1 atom stereocenters. The number of carbonyl (C=O) groups is 1. The molecule has 5 rings (SSSR count). The zero-order chi connectivity index (χ0) is 22.5. The zero-order valence-corrected chi connectivity index (χ0v) is 17.1. The molecular weight excluding hydrogens is 417 g/mol. The van der Waals surface area contributed by atoms with Crippen molar-refractivity contribution in [3.05, 3.63) is 88.9 Å². The van der Waals surface area contributed by atoms with Crippen molar-refractivity contribution in [3.63, 3.8) is 0 Å². The number of hydrogen-bond donors (Lipinski definition) is 1. The highest BCUT2D eigenvalue weighted by Crippen LogP contribution is 2.34. The van der Waals surface area contributed by atoms with Crippen LogP contribution < -0.4 is 5.32 Å². The monoisotopic (exact) mass is 436 g/mol. The summed E-state index contributed by atoms with van der Waals surface area (Å²) in [6.07, 6.45) is 0.240. The summed E-state index contributed by atoms with van der Waals surface area (Å²) < 4.78 is 40.8. The molecule has 0 bridgehead atoms. The van der Waals surface area contributed by atoms with E-state index in [0.717, 1.165) is 30.5 Å². The Morgan fingerprint density at radius 2 is 1.94 bits per heavy atom. The summed E-state index contributed by atoms with van der Waals surface area (Å²) in [6.45, 7) is 1.75. The summed E-state index contributed by atoms with van der Waals surface area (Å²) in [4.78, 5) is 17.4. The van der Waals surface area contributed by atoms with Crippen LogP contribution in [-0.4, -0.2) is 20.5 Å². The Labute approximate surface area is 181 Å². The molecule has 1 aliphatic rings. The third kappa shape index (κ3) is 3.41. The van der Waals surface area contributed by atoms with Gasteiger partial charge in [-0.3, -0.25) is 4.79 Å². The Morgan fingerprint density at radius 3 is 2.75 bits per heavy atom. The molecule has 1 amide bonds. The van der Waals surface area contributed by atoms with E-state index in [4.69, 9.17) is 0 Å². The number of benzene rings is 2. The van der Waals surface area contributed by atoms with Crippen molar-refractivity contribution in [2.24, 2.45) is 0 Å². The summed E-state index contributed by atoms with van der Waals surface area (Å²) in [5, 5.41) is 7.36. The number of hydrogen-bond acceptors (Lipinski definition) is 3. The predicted molar refractivity (Wildman–Crippen MR) is 113 cm³/mol. The predicted octanol–water partition coefficient (Wildman–Crippen LogP) is 5.14. The fourth-order valence-corrected chi connectivity index (χ4v) is 4.28. The van der Waals surface area contributed by atoms with Crippen LogP contribution in [0.3, 0.4) is 0 Å². The Balaban J connectivity index is 1.47. The van der Waals surface area contributed by atoms with Crippen LogP contribution in [0.15, 0.2) is 60.9 Å². The lowest BCUT2D eigenvalue weighted by molar-refractivity contribution is -0.137. The molecular formula is C24H19F3N4O. The lowest BCUT2D eigenvalue weighted by Crippen LogP contribution is -2.28. The summed E-state index contributed by atoms with van der Waals surface area (Å²) in [7, 11) is 0. The van der Waals surface area contributed by atoms with Crippen LogP contribution in [0.5, 0.6) is 0 Å². The van der Waals surface area contributed by atoms with Crippen molar-refractivity contribution in [3.8, 4) is 11.1 Å². The van der Waals surface area contributed by atoms with Crippen LogP contribution in [0.1, 0.15) is 45.2 Å². The first-order chi connectivity index (χ1) is 15.3. The summed E-state index contributed by atoms with van der Waals surface area (Å²) in [6, 6.07) is 13.0. The van der Waals surface area contributed by atoms with E-state index >= 15 is 0 Å². The van der Waals surface area contributed by atoms with Crippen LogP contribution in [0.25, 0.3) is 16.8 Å². The van der Waals surface area contributed by atoms with E-state index < -0.39 is 11.7 Å². The number of nitrogens with one attached hydrogen (secondary N) is 1. The third-order valence-corrected chi connectivity index (χ3v) is 5.95.